The Labute approximate surface area is 157 Å². The molecule has 0 fully saturated rings. The third-order valence-electron chi connectivity index (χ3n) is 3.62. The summed E-state index contributed by atoms with van der Waals surface area (Å²) in [5.74, 6) is -0.514. The summed E-state index contributed by atoms with van der Waals surface area (Å²) in [6.45, 7) is 0.0865. The number of nitro benzene ring substituents is 1. The van der Waals surface area contributed by atoms with Gasteiger partial charge in [-0.25, -0.2) is 4.98 Å². The minimum absolute atomic E-state index is 0.0865. The molecule has 0 saturated heterocycles. The van der Waals surface area contributed by atoms with Crippen LogP contribution in [0.15, 0.2) is 60.8 Å². The zero-order chi connectivity index (χ0) is 20.1. The van der Waals surface area contributed by atoms with Crippen LogP contribution in [-0.2, 0) is 12.8 Å². The number of alkyl halides is 3. The average molecular weight is 390 g/mol. The van der Waals surface area contributed by atoms with Gasteiger partial charge < -0.3 is 10.1 Å². The summed E-state index contributed by atoms with van der Waals surface area (Å²) < 4.78 is 45.1. The average Bonchev–Trinajstić information content (AvgIpc) is 2.67. The normalized spacial score (nSPS) is 11.1. The maximum absolute atomic E-state index is 13.3. The first-order chi connectivity index (χ1) is 13.3. The van der Waals surface area contributed by atoms with Crippen molar-refractivity contribution in [1.29, 1.82) is 0 Å². The fraction of sp³-hybridized carbons (Fsp3) is 0.111. The molecule has 0 amide bonds. The zero-order valence-corrected chi connectivity index (χ0v) is 14.2. The molecule has 0 unspecified atom stereocenters. The molecule has 2 aromatic carbocycles. The van der Waals surface area contributed by atoms with E-state index in [4.69, 9.17) is 4.74 Å². The van der Waals surface area contributed by atoms with Crippen LogP contribution >= 0.6 is 0 Å². The van der Waals surface area contributed by atoms with E-state index in [1.807, 2.05) is 6.07 Å². The monoisotopic (exact) mass is 390 g/mol. The SMILES string of the molecule is O=[N+]([O-])c1ccc(Nc2nc(OCc3ccccc3)ncc2C(F)(F)F)cc1. The lowest BCUT2D eigenvalue weighted by atomic mass is 10.2. The number of ether oxygens (including phenoxy) is 1. The standard InChI is InChI=1S/C18H13F3N4O3/c19-18(20,21)15-10-22-17(28-11-12-4-2-1-3-5-12)24-16(15)23-13-6-8-14(9-7-13)25(26)27/h1-10H,11H2,(H,22,23,24). The van der Waals surface area contributed by atoms with Gasteiger partial charge in [-0.1, -0.05) is 30.3 Å². The van der Waals surface area contributed by atoms with Crippen molar-refractivity contribution < 1.29 is 22.8 Å². The van der Waals surface area contributed by atoms with Crippen molar-refractivity contribution in [3.8, 4) is 6.01 Å². The number of benzene rings is 2. The van der Waals surface area contributed by atoms with Crippen LogP contribution in [0.25, 0.3) is 0 Å². The Morgan fingerprint density at radius 2 is 1.75 bits per heavy atom. The first-order valence-electron chi connectivity index (χ1n) is 7.95. The highest BCUT2D eigenvalue weighted by Crippen LogP contribution is 2.35. The summed E-state index contributed by atoms with van der Waals surface area (Å²) in [6.07, 6.45) is -4.07. The van der Waals surface area contributed by atoms with Crippen LogP contribution in [0.4, 0.5) is 30.4 Å². The summed E-state index contributed by atoms with van der Waals surface area (Å²) in [6, 6.07) is 13.7. The molecule has 1 heterocycles. The van der Waals surface area contributed by atoms with E-state index in [-0.39, 0.29) is 24.0 Å². The maximum Gasteiger partial charge on any atom is 0.421 e. The van der Waals surface area contributed by atoms with Gasteiger partial charge in [0.1, 0.15) is 18.0 Å². The first kappa shape index (κ1) is 19.1. The van der Waals surface area contributed by atoms with Gasteiger partial charge >= 0.3 is 12.2 Å². The molecule has 1 aromatic heterocycles. The highest BCUT2D eigenvalue weighted by Gasteiger charge is 2.35. The molecule has 0 aliphatic rings. The van der Waals surface area contributed by atoms with E-state index >= 15 is 0 Å². The van der Waals surface area contributed by atoms with E-state index in [0.29, 0.717) is 6.20 Å². The van der Waals surface area contributed by atoms with Gasteiger partial charge in [0, 0.05) is 24.0 Å². The van der Waals surface area contributed by atoms with Crippen molar-refractivity contribution >= 4 is 17.2 Å². The molecule has 0 bridgehead atoms. The van der Waals surface area contributed by atoms with E-state index in [1.165, 1.54) is 24.3 Å². The van der Waals surface area contributed by atoms with Gasteiger partial charge in [-0.3, -0.25) is 10.1 Å². The minimum Gasteiger partial charge on any atom is -0.459 e. The van der Waals surface area contributed by atoms with Crippen LogP contribution in [0.2, 0.25) is 0 Å². The Morgan fingerprint density at radius 1 is 1.07 bits per heavy atom. The lowest BCUT2D eigenvalue weighted by molar-refractivity contribution is -0.384. The second kappa shape index (κ2) is 7.91. The molecule has 144 valence electrons. The van der Waals surface area contributed by atoms with Gasteiger partial charge in [-0.2, -0.15) is 18.2 Å². The van der Waals surface area contributed by atoms with E-state index in [2.05, 4.69) is 15.3 Å². The molecule has 3 aromatic rings. The van der Waals surface area contributed by atoms with Crippen LogP contribution in [0.1, 0.15) is 11.1 Å². The third kappa shape index (κ3) is 4.72. The second-order valence-corrected chi connectivity index (χ2v) is 5.62. The fourth-order valence-electron chi connectivity index (χ4n) is 2.26. The Balaban J connectivity index is 1.84. The van der Waals surface area contributed by atoms with Crippen LogP contribution in [0.5, 0.6) is 6.01 Å². The van der Waals surface area contributed by atoms with Crippen molar-refractivity contribution in [2.45, 2.75) is 12.8 Å². The number of halogens is 3. The van der Waals surface area contributed by atoms with Gasteiger partial charge in [0.15, 0.2) is 0 Å². The summed E-state index contributed by atoms with van der Waals surface area (Å²) in [7, 11) is 0. The summed E-state index contributed by atoms with van der Waals surface area (Å²) >= 11 is 0. The van der Waals surface area contributed by atoms with Crippen molar-refractivity contribution in [2.75, 3.05) is 5.32 Å². The van der Waals surface area contributed by atoms with Crippen LogP contribution < -0.4 is 10.1 Å². The molecule has 0 spiro atoms. The molecular formula is C18H13F3N4O3. The second-order valence-electron chi connectivity index (χ2n) is 5.62. The number of hydrogen-bond donors (Lipinski definition) is 1. The van der Waals surface area contributed by atoms with E-state index in [0.717, 1.165) is 5.56 Å². The highest BCUT2D eigenvalue weighted by molar-refractivity contribution is 5.61. The topological polar surface area (TPSA) is 90.2 Å². The lowest BCUT2D eigenvalue weighted by Crippen LogP contribution is -2.12. The van der Waals surface area contributed by atoms with Crippen molar-refractivity contribution in [2.24, 2.45) is 0 Å². The number of aromatic nitrogens is 2. The molecule has 0 aliphatic heterocycles. The number of hydrogen-bond acceptors (Lipinski definition) is 6. The summed E-state index contributed by atoms with van der Waals surface area (Å²) in [5, 5.41) is 13.2. The van der Waals surface area contributed by atoms with Gasteiger partial charge in [0.25, 0.3) is 5.69 Å². The van der Waals surface area contributed by atoms with Gasteiger partial charge in [-0.15, -0.1) is 0 Å². The largest absolute Gasteiger partial charge is 0.459 e. The minimum atomic E-state index is -4.69. The molecule has 7 nitrogen and oxygen atoms in total. The summed E-state index contributed by atoms with van der Waals surface area (Å²) in [5.41, 5.74) is -0.270. The van der Waals surface area contributed by atoms with E-state index in [9.17, 15) is 23.3 Å². The number of nitro groups is 1. The van der Waals surface area contributed by atoms with Crippen molar-refractivity contribution in [3.05, 3.63) is 82.0 Å². The number of nitrogens with one attached hydrogen (secondary N) is 1. The Hall–Kier alpha value is -3.69. The molecule has 0 aliphatic carbocycles. The van der Waals surface area contributed by atoms with Crippen LogP contribution in [0, 0.1) is 10.1 Å². The molecule has 28 heavy (non-hydrogen) atoms. The number of rotatable bonds is 6. The third-order valence-corrected chi connectivity index (χ3v) is 3.62. The molecular weight excluding hydrogens is 377 g/mol. The van der Waals surface area contributed by atoms with Crippen LogP contribution in [0.3, 0.4) is 0 Å². The molecule has 0 atom stereocenters. The lowest BCUT2D eigenvalue weighted by Gasteiger charge is -2.14. The molecule has 3 rings (SSSR count). The quantitative estimate of drug-likeness (QED) is 0.484. The fourth-order valence-corrected chi connectivity index (χ4v) is 2.26. The van der Waals surface area contributed by atoms with Crippen molar-refractivity contribution in [3.63, 3.8) is 0 Å². The molecule has 1 N–H and O–H groups in total. The van der Waals surface area contributed by atoms with Crippen molar-refractivity contribution in [1.82, 2.24) is 9.97 Å². The molecule has 0 radical (unpaired) electrons. The molecule has 10 heteroatoms. The predicted octanol–water partition coefficient (Wildman–Crippen LogP) is 4.73. The number of anilines is 2. The van der Waals surface area contributed by atoms with E-state index in [1.54, 1.807) is 24.3 Å². The summed E-state index contributed by atoms with van der Waals surface area (Å²) in [4.78, 5) is 17.5. The highest BCUT2D eigenvalue weighted by atomic mass is 19.4. The predicted molar refractivity (Wildman–Crippen MR) is 94.2 cm³/mol. The van der Waals surface area contributed by atoms with E-state index < -0.39 is 22.5 Å². The Morgan fingerprint density at radius 3 is 2.36 bits per heavy atom. The number of nitrogens with zero attached hydrogens (tertiary/aromatic N) is 3. The van der Waals surface area contributed by atoms with Crippen LogP contribution in [-0.4, -0.2) is 14.9 Å². The number of non-ortho nitro benzene ring substituents is 1. The van der Waals surface area contributed by atoms with Gasteiger partial charge in [0.05, 0.1) is 4.92 Å². The van der Waals surface area contributed by atoms with Gasteiger partial charge in [0.2, 0.25) is 0 Å². The van der Waals surface area contributed by atoms with Gasteiger partial charge in [-0.05, 0) is 17.7 Å². The maximum atomic E-state index is 13.3. The zero-order valence-electron chi connectivity index (χ0n) is 14.2. The smallest absolute Gasteiger partial charge is 0.421 e. The first-order valence-corrected chi connectivity index (χ1v) is 7.95. The Bertz CT molecular complexity index is 964. The molecule has 0 saturated carbocycles. The Kier molecular flexibility index (Phi) is 5.39.